The third-order valence-electron chi connectivity index (χ3n) is 3.90. The number of nitrogen functional groups attached to an aromatic ring is 1. The van der Waals surface area contributed by atoms with Crippen molar-refractivity contribution in [3.8, 4) is 22.3 Å². The molecule has 122 valence electrons. The Labute approximate surface area is 141 Å². The van der Waals surface area contributed by atoms with Crippen molar-refractivity contribution in [2.75, 3.05) is 12.0 Å². The van der Waals surface area contributed by atoms with Crippen LogP contribution in [-0.4, -0.2) is 19.7 Å². The van der Waals surface area contributed by atoms with Crippen molar-refractivity contribution in [3.05, 3.63) is 66.4 Å². The molecule has 5 heteroatoms. The first-order valence-electron chi connectivity index (χ1n) is 7.47. The van der Waals surface area contributed by atoms with Crippen molar-refractivity contribution in [1.29, 1.82) is 0 Å². The Morgan fingerprint density at radius 2 is 1.46 bits per heavy atom. The van der Waals surface area contributed by atoms with E-state index < -0.39 is 9.84 Å². The lowest BCUT2D eigenvalue weighted by Crippen LogP contribution is -1.97. The van der Waals surface area contributed by atoms with Crippen LogP contribution < -0.4 is 5.73 Å². The Balaban J connectivity index is 2.04. The van der Waals surface area contributed by atoms with Crippen LogP contribution >= 0.6 is 0 Å². The van der Waals surface area contributed by atoms with Crippen molar-refractivity contribution in [1.82, 2.24) is 4.98 Å². The Morgan fingerprint density at radius 3 is 2.04 bits per heavy atom. The minimum Gasteiger partial charge on any atom is -0.383 e. The number of rotatable bonds is 3. The summed E-state index contributed by atoms with van der Waals surface area (Å²) in [7, 11) is -3.20. The van der Waals surface area contributed by atoms with E-state index in [0.29, 0.717) is 10.7 Å². The number of nitrogens with two attached hydrogens (primary N) is 1. The fourth-order valence-corrected chi connectivity index (χ4v) is 3.12. The first kappa shape index (κ1) is 16.2. The molecule has 4 nitrogen and oxygen atoms in total. The van der Waals surface area contributed by atoms with E-state index in [4.69, 9.17) is 5.73 Å². The molecule has 2 N–H and O–H groups in total. The molecule has 3 rings (SSSR count). The first-order chi connectivity index (χ1) is 11.3. The largest absolute Gasteiger partial charge is 0.383 e. The van der Waals surface area contributed by atoms with Crippen molar-refractivity contribution < 1.29 is 8.42 Å². The van der Waals surface area contributed by atoms with Gasteiger partial charge in [-0.05, 0) is 36.2 Å². The van der Waals surface area contributed by atoms with Crippen LogP contribution in [0.25, 0.3) is 22.3 Å². The molecule has 0 saturated heterocycles. The number of sulfone groups is 1. The van der Waals surface area contributed by atoms with E-state index >= 15 is 0 Å². The zero-order valence-corrected chi connectivity index (χ0v) is 14.3. The highest BCUT2D eigenvalue weighted by molar-refractivity contribution is 7.90. The molecule has 2 aromatic carbocycles. The normalized spacial score (nSPS) is 11.4. The van der Waals surface area contributed by atoms with Gasteiger partial charge in [0.25, 0.3) is 0 Å². The van der Waals surface area contributed by atoms with Crippen molar-refractivity contribution in [3.63, 3.8) is 0 Å². The van der Waals surface area contributed by atoms with Gasteiger partial charge in [0, 0.05) is 23.6 Å². The van der Waals surface area contributed by atoms with Gasteiger partial charge in [-0.15, -0.1) is 0 Å². The highest BCUT2D eigenvalue weighted by Crippen LogP contribution is 2.30. The summed E-state index contributed by atoms with van der Waals surface area (Å²) in [6.45, 7) is 2.03. The number of benzene rings is 2. The molecule has 3 aromatic rings. The predicted octanol–water partition coefficient (Wildman–Crippen LogP) is 3.71. The van der Waals surface area contributed by atoms with E-state index in [9.17, 15) is 8.42 Å². The Bertz CT molecular complexity index is 977. The molecule has 0 aliphatic rings. The van der Waals surface area contributed by atoms with Crippen LogP contribution in [0.5, 0.6) is 0 Å². The van der Waals surface area contributed by atoms with Crippen LogP contribution in [0, 0.1) is 6.92 Å². The van der Waals surface area contributed by atoms with Crippen LogP contribution in [-0.2, 0) is 9.84 Å². The quantitative estimate of drug-likeness (QED) is 0.790. The van der Waals surface area contributed by atoms with E-state index in [2.05, 4.69) is 4.98 Å². The topological polar surface area (TPSA) is 73.0 Å². The van der Waals surface area contributed by atoms with Gasteiger partial charge in [0.1, 0.15) is 5.82 Å². The number of pyridine rings is 1. The number of anilines is 1. The maximum atomic E-state index is 11.6. The van der Waals surface area contributed by atoms with Crippen LogP contribution in [0.2, 0.25) is 0 Å². The van der Waals surface area contributed by atoms with Gasteiger partial charge < -0.3 is 5.73 Å². The van der Waals surface area contributed by atoms with Gasteiger partial charge in [0.05, 0.1) is 4.90 Å². The van der Waals surface area contributed by atoms with Gasteiger partial charge in [-0.25, -0.2) is 13.4 Å². The molecule has 0 spiro atoms. The summed E-state index contributed by atoms with van der Waals surface area (Å²) >= 11 is 0. The molecule has 0 unspecified atom stereocenters. The molecular weight excluding hydrogens is 320 g/mol. The van der Waals surface area contributed by atoms with Gasteiger partial charge in [-0.1, -0.05) is 42.0 Å². The van der Waals surface area contributed by atoms with Crippen molar-refractivity contribution in [2.24, 2.45) is 0 Å². The van der Waals surface area contributed by atoms with E-state index in [1.807, 2.05) is 37.3 Å². The van der Waals surface area contributed by atoms with Crippen LogP contribution in [0.1, 0.15) is 5.56 Å². The molecule has 0 radical (unpaired) electrons. The minimum absolute atomic E-state index is 0.299. The summed E-state index contributed by atoms with van der Waals surface area (Å²) in [4.78, 5) is 4.58. The smallest absolute Gasteiger partial charge is 0.175 e. The van der Waals surface area contributed by atoms with Crippen LogP contribution in [0.4, 0.5) is 5.82 Å². The van der Waals surface area contributed by atoms with E-state index in [1.165, 1.54) is 11.8 Å². The van der Waals surface area contributed by atoms with Crippen molar-refractivity contribution >= 4 is 15.7 Å². The summed E-state index contributed by atoms with van der Waals surface area (Å²) in [5.74, 6) is 0.468. The molecular formula is C19H18N2O2S. The van der Waals surface area contributed by atoms with Gasteiger partial charge in [-0.2, -0.15) is 0 Å². The molecule has 24 heavy (non-hydrogen) atoms. The Morgan fingerprint density at radius 1 is 0.875 bits per heavy atom. The van der Waals surface area contributed by atoms with E-state index in [-0.39, 0.29) is 0 Å². The predicted molar refractivity (Wildman–Crippen MR) is 97.4 cm³/mol. The standard InChI is InChI=1S/C19H18N2O2S/c1-13-3-5-15(6-4-13)18-11-16(12-21-19(18)20)14-7-9-17(10-8-14)24(2,22)23/h3-12H,1-2H3,(H2,20,21). The SMILES string of the molecule is Cc1ccc(-c2cc(-c3ccc(S(C)(=O)=O)cc3)cnc2N)cc1. The van der Waals surface area contributed by atoms with E-state index in [1.54, 1.807) is 30.5 Å². The molecule has 1 aromatic heterocycles. The number of aromatic nitrogens is 1. The van der Waals surface area contributed by atoms with Crippen LogP contribution in [0.15, 0.2) is 65.7 Å². The van der Waals surface area contributed by atoms with Gasteiger partial charge >= 0.3 is 0 Å². The second-order valence-corrected chi connectivity index (χ2v) is 7.84. The summed E-state index contributed by atoms with van der Waals surface area (Å²) in [5, 5.41) is 0. The number of aryl methyl sites for hydroxylation is 1. The minimum atomic E-state index is -3.20. The molecule has 0 fully saturated rings. The van der Waals surface area contributed by atoms with E-state index in [0.717, 1.165) is 22.3 Å². The fraction of sp³-hybridized carbons (Fsp3) is 0.105. The summed E-state index contributed by atoms with van der Waals surface area (Å²) in [6, 6.07) is 16.8. The lowest BCUT2D eigenvalue weighted by Gasteiger charge is -2.09. The molecule has 0 atom stereocenters. The van der Waals surface area contributed by atoms with Gasteiger partial charge in [0.15, 0.2) is 9.84 Å². The molecule has 0 saturated carbocycles. The average molecular weight is 338 g/mol. The first-order valence-corrected chi connectivity index (χ1v) is 9.37. The van der Waals surface area contributed by atoms with Gasteiger partial charge in [0.2, 0.25) is 0 Å². The lowest BCUT2D eigenvalue weighted by atomic mass is 10.0. The summed E-state index contributed by atoms with van der Waals surface area (Å²) < 4.78 is 23.1. The Kier molecular flexibility index (Phi) is 4.11. The summed E-state index contributed by atoms with van der Waals surface area (Å²) in [6.07, 6.45) is 2.89. The van der Waals surface area contributed by atoms with Crippen LogP contribution in [0.3, 0.4) is 0 Å². The molecule has 1 heterocycles. The molecule has 0 aliphatic carbocycles. The number of hydrogen-bond donors (Lipinski definition) is 1. The second-order valence-electron chi connectivity index (χ2n) is 5.82. The maximum absolute atomic E-state index is 11.6. The third-order valence-corrected chi connectivity index (χ3v) is 5.03. The molecule has 0 aliphatic heterocycles. The van der Waals surface area contributed by atoms with Crippen molar-refractivity contribution in [2.45, 2.75) is 11.8 Å². The highest BCUT2D eigenvalue weighted by Gasteiger charge is 2.09. The highest BCUT2D eigenvalue weighted by atomic mass is 32.2. The maximum Gasteiger partial charge on any atom is 0.175 e. The number of nitrogens with zero attached hydrogens (tertiary/aromatic N) is 1. The average Bonchev–Trinajstić information content (AvgIpc) is 2.56. The fourth-order valence-electron chi connectivity index (χ4n) is 2.49. The zero-order chi connectivity index (χ0) is 17.3. The Hall–Kier alpha value is -2.66. The van der Waals surface area contributed by atoms with Gasteiger partial charge in [-0.3, -0.25) is 0 Å². The lowest BCUT2D eigenvalue weighted by molar-refractivity contribution is 0.602. The third kappa shape index (κ3) is 3.31. The molecule has 0 amide bonds. The monoisotopic (exact) mass is 338 g/mol. The molecule has 0 bridgehead atoms. The summed E-state index contributed by atoms with van der Waals surface area (Å²) in [5.41, 5.74) is 10.8. The second kappa shape index (κ2) is 6.09. The zero-order valence-electron chi connectivity index (χ0n) is 13.5. The number of hydrogen-bond acceptors (Lipinski definition) is 4.